The highest BCUT2D eigenvalue weighted by atomic mass is 19.4. The molecule has 2 N–H and O–H groups in total. The van der Waals surface area contributed by atoms with Crippen LogP contribution in [0.3, 0.4) is 0 Å². The van der Waals surface area contributed by atoms with Crippen LogP contribution in [-0.2, 0) is 44.7 Å². The fraction of sp³-hybridized carbons (Fsp3) is 0.500. The molecule has 43 heavy (non-hydrogen) atoms. The lowest BCUT2D eigenvalue weighted by Crippen LogP contribution is -2.46. The summed E-state index contributed by atoms with van der Waals surface area (Å²) in [5.74, 6) is -8.02. The number of rotatable bonds is 8. The van der Waals surface area contributed by atoms with Crippen molar-refractivity contribution >= 4 is 23.9 Å². The van der Waals surface area contributed by atoms with Crippen LogP contribution in [0.15, 0.2) is 12.1 Å². The Morgan fingerprint density at radius 2 is 1.67 bits per heavy atom. The first-order valence-corrected chi connectivity index (χ1v) is 12.8. The molecule has 2 aromatic rings. The lowest BCUT2D eigenvalue weighted by molar-refractivity contribution is -0.148. The van der Waals surface area contributed by atoms with Gasteiger partial charge in [-0.05, 0) is 38.8 Å². The van der Waals surface area contributed by atoms with E-state index in [1.54, 1.807) is 20.8 Å². The van der Waals surface area contributed by atoms with Gasteiger partial charge >= 0.3 is 18.2 Å². The first-order chi connectivity index (χ1) is 19.9. The Morgan fingerprint density at radius 1 is 1.02 bits per heavy atom. The predicted molar refractivity (Wildman–Crippen MR) is 135 cm³/mol. The highest BCUT2D eigenvalue weighted by Crippen LogP contribution is 2.32. The highest BCUT2D eigenvalue weighted by molar-refractivity contribution is 5.95. The zero-order valence-corrected chi connectivity index (χ0v) is 23.5. The van der Waals surface area contributed by atoms with E-state index in [-0.39, 0.29) is 17.8 Å². The number of benzene rings is 1. The van der Waals surface area contributed by atoms with Crippen molar-refractivity contribution in [3.63, 3.8) is 0 Å². The van der Waals surface area contributed by atoms with E-state index in [1.807, 2.05) is 0 Å². The van der Waals surface area contributed by atoms with Crippen molar-refractivity contribution in [2.45, 2.75) is 64.5 Å². The van der Waals surface area contributed by atoms with E-state index in [0.29, 0.717) is 12.1 Å². The Morgan fingerprint density at radius 3 is 2.28 bits per heavy atom. The Balaban J connectivity index is 1.87. The Bertz CT molecular complexity index is 1400. The third-order valence-electron chi connectivity index (χ3n) is 6.15. The SMILES string of the molecule is COC(=O)CNC(=O)c1nc(C(F)(F)F)n2c1CN(C(=O)C[C@@H](Cc1cc(F)c(F)cc1F)NC(=O)OC(C)(C)C)CC2. The number of nitrogens with zero attached hydrogens (tertiary/aromatic N) is 3. The highest BCUT2D eigenvalue weighted by Gasteiger charge is 2.42. The van der Waals surface area contributed by atoms with Gasteiger partial charge in [0, 0.05) is 31.6 Å². The second-order valence-electron chi connectivity index (χ2n) is 10.6. The second kappa shape index (κ2) is 12.9. The minimum Gasteiger partial charge on any atom is -0.468 e. The maximum atomic E-state index is 14.4. The number of nitrogens with one attached hydrogen (secondary N) is 2. The molecule has 0 radical (unpaired) electrons. The number of amides is 3. The summed E-state index contributed by atoms with van der Waals surface area (Å²) in [5.41, 5.74) is -2.25. The van der Waals surface area contributed by atoms with Crippen LogP contribution >= 0.6 is 0 Å². The fourth-order valence-corrected chi connectivity index (χ4v) is 4.26. The molecular formula is C26H29F6N5O6. The standard InChI is InChI=1S/C26H29F6N5O6/c1-25(2,3)43-24(41)34-14(7-13-8-16(28)17(29)10-15(13)27)9-19(38)36-5-6-37-18(12-36)21(35-23(37)26(30,31)32)22(40)33-11-20(39)42-4/h8,10,14H,5-7,9,11-12H2,1-4H3,(H,33,40)(H,34,41)/t14-/m1/s1. The molecule has 1 aliphatic rings. The van der Waals surface area contributed by atoms with Gasteiger partial charge in [0.15, 0.2) is 17.3 Å². The molecule has 1 aromatic heterocycles. The van der Waals surface area contributed by atoms with E-state index in [0.717, 1.165) is 16.6 Å². The van der Waals surface area contributed by atoms with Crippen molar-refractivity contribution in [2.24, 2.45) is 0 Å². The third kappa shape index (κ3) is 8.61. The Labute approximate surface area is 241 Å². The smallest absolute Gasteiger partial charge is 0.449 e. The molecule has 11 nitrogen and oxygen atoms in total. The number of halogens is 6. The van der Waals surface area contributed by atoms with Crippen molar-refractivity contribution in [3.05, 3.63) is 52.4 Å². The first-order valence-electron chi connectivity index (χ1n) is 12.8. The molecule has 1 aliphatic heterocycles. The molecule has 1 atom stereocenters. The molecule has 3 amide bonds. The van der Waals surface area contributed by atoms with Crippen LogP contribution in [0.25, 0.3) is 0 Å². The van der Waals surface area contributed by atoms with Crippen LogP contribution in [0, 0.1) is 17.5 Å². The van der Waals surface area contributed by atoms with E-state index in [1.165, 1.54) is 0 Å². The zero-order chi connectivity index (χ0) is 32.3. The van der Waals surface area contributed by atoms with Gasteiger partial charge in [-0.3, -0.25) is 14.4 Å². The number of carbonyl (C=O) groups is 4. The maximum absolute atomic E-state index is 14.4. The average Bonchev–Trinajstić information content (AvgIpc) is 3.28. The van der Waals surface area contributed by atoms with Crippen molar-refractivity contribution < 1.29 is 55.0 Å². The number of alkyl carbamates (subject to hydrolysis) is 1. The maximum Gasteiger partial charge on any atom is 0.449 e. The van der Waals surface area contributed by atoms with Gasteiger partial charge in [-0.25, -0.2) is 22.9 Å². The first kappa shape index (κ1) is 33.2. The van der Waals surface area contributed by atoms with Gasteiger partial charge in [0.05, 0.1) is 19.3 Å². The summed E-state index contributed by atoms with van der Waals surface area (Å²) >= 11 is 0. The zero-order valence-electron chi connectivity index (χ0n) is 23.5. The Kier molecular flexibility index (Phi) is 9.97. The average molecular weight is 622 g/mol. The number of alkyl halides is 3. The molecular weight excluding hydrogens is 592 g/mol. The van der Waals surface area contributed by atoms with Gasteiger partial charge in [-0.1, -0.05) is 0 Å². The summed E-state index contributed by atoms with van der Waals surface area (Å²) in [6.07, 6.45) is -6.97. The van der Waals surface area contributed by atoms with E-state index in [9.17, 15) is 45.5 Å². The monoisotopic (exact) mass is 621 g/mol. The number of hydrogen-bond donors (Lipinski definition) is 2. The summed E-state index contributed by atoms with van der Waals surface area (Å²) in [4.78, 5) is 54.3. The normalized spacial score (nSPS) is 14.0. The lowest BCUT2D eigenvalue weighted by atomic mass is 10.0. The van der Waals surface area contributed by atoms with Crippen molar-refractivity contribution in [1.29, 1.82) is 0 Å². The molecule has 0 unspecified atom stereocenters. The molecule has 0 saturated carbocycles. The van der Waals surface area contributed by atoms with Crippen molar-refractivity contribution in [1.82, 2.24) is 25.1 Å². The summed E-state index contributed by atoms with van der Waals surface area (Å²) in [6, 6.07) is -0.327. The molecule has 0 saturated heterocycles. The summed E-state index contributed by atoms with van der Waals surface area (Å²) < 4.78 is 93.0. The quantitative estimate of drug-likeness (QED) is 0.263. The van der Waals surface area contributed by atoms with E-state index in [2.05, 4.69) is 20.4 Å². The summed E-state index contributed by atoms with van der Waals surface area (Å²) in [7, 11) is 1.05. The van der Waals surface area contributed by atoms with E-state index < -0.39 is 103 Å². The number of hydrogen-bond acceptors (Lipinski definition) is 7. The molecule has 0 aliphatic carbocycles. The topological polar surface area (TPSA) is 132 Å². The van der Waals surface area contributed by atoms with Crippen molar-refractivity contribution in [2.75, 3.05) is 20.2 Å². The van der Waals surface area contributed by atoms with Gasteiger partial charge in [-0.15, -0.1) is 0 Å². The van der Waals surface area contributed by atoms with Gasteiger partial charge in [0.25, 0.3) is 5.91 Å². The number of esters is 1. The largest absolute Gasteiger partial charge is 0.468 e. The number of imidazole rings is 1. The molecule has 236 valence electrons. The van der Waals surface area contributed by atoms with Crippen molar-refractivity contribution in [3.8, 4) is 0 Å². The number of carbonyl (C=O) groups excluding carboxylic acids is 4. The molecule has 3 rings (SSSR count). The van der Waals surface area contributed by atoms with Crippen LogP contribution in [0.5, 0.6) is 0 Å². The predicted octanol–water partition coefficient (Wildman–Crippen LogP) is 3.09. The lowest BCUT2D eigenvalue weighted by Gasteiger charge is -2.31. The molecule has 0 fully saturated rings. The number of ether oxygens (including phenoxy) is 2. The fourth-order valence-electron chi connectivity index (χ4n) is 4.26. The van der Waals surface area contributed by atoms with Gasteiger partial charge in [-0.2, -0.15) is 13.2 Å². The summed E-state index contributed by atoms with van der Waals surface area (Å²) in [6.45, 7) is 2.86. The van der Waals surface area contributed by atoms with Gasteiger partial charge in [0.2, 0.25) is 11.7 Å². The van der Waals surface area contributed by atoms with Gasteiger partial charge in [0.1, 0.15) is 18.0 Å². The van der Waals surface area contributed by atoms with Crippen LogP contribution in [-0.4, -0.2) is 70.2 Å². The number of aromatic nitrogens is 2. The molecule has 0 bridgehead atoms. The third-order valence-corrected chi connectivity index (χ3v) is 6.15. The summed E-state index contributed by atoms with van der Waals surface area (Å²) in [5, 5.41) is 4.50. The number of methoxy groups -OCH3 is 1. The Hall–Kier alpha value is -4.31. The van der Waals surface area contributed by atoms with E-state index >= 15 is 0 Å². The molecule has 1 aromatic carbocycles. The molecule has 0 spiro atoms. The van der Waals surface area contributed by atoms with Crippen LogP contribution < -0.4 is 10.6 Å². The number of fused-ring (bicyclic) bond motifs is 1. The van der Waals surface area contributed by atoms with E-state index in [4.69, 9.17) is 4.74 Å². The van der Waals surface area contributed by atoms with Gasteiger partial charge < -0.3 is 29.6 Å². The van der Waals surface area contributed by atoms with Crippen LogP contribution in [0.4, 0.5) is 31.1 Å². The minimum absolute atomic E-state index is 0.257. The molecule has 2 heterocycles. The second-order valence-corrected chi connectivity index (χ2v) is 10.6. The van der Waals surface area contributed by atoms with Crippen LogP contribution in [0.1, 0.15) is 54.8 Å². The minimum atomic E-state index is -4.95. The molecule has 17 heteroatoms. The van der Waals surface area contributed by atoms with Crippen LogP contribution in [0.2, 0.25) is 0 Å².